The average Bonchev–Trinajstić information content (AvgIpc) is 3.59. The summed E-state index contributed by atoms with van der Waals surface area (Å²) in [6, 6.07) is 70.9. The Morgan fingerprint density at radius 3 is 1.76 bits per heavy atom. The van der Waals surface area contributed by atoms with Gasteiger partial charge in [0.25, 0.3) is 0 Å². The van der Waals surface area contributed by atoms with Crippen molar-refractivity contribution < 1.29 is 4.42 Å². The minimum Gasteiger partial charge on any atom is -0.455 e. The van der Waals surface area contributed by atoms with Crippen LogP contribution in [-0.2, 0) is 0 Å². The summed E-state index contributed by atoms with van der Waals surface area (Å²) in [5.74, 6) is 0.863. The van der Waals surface area contributed by atoms with Crippen molar-refractivity contribution in [3.8, 4) is 44.7 Å². The van der Waals surface area contributed by atoms with E-state index in [2.05, 4.69) is 199 Å². The molecule has 8 aromatic carbocycles. The van der Waals surface area contributed by atoms with E-state index in [1.807, 2.05) is 6.07 Å². The summed E-state index contributed by atoms with van der Waals surface area (Å²) in [5, 5.41) is 3.60. The van der Waals surface area contributed by atoms with Gasteiger partial charge in [0.2, 0.25) is 0 Å². The molecule has 0 unspecified atom stereocenters. The Kier molecular flexibility index (Phi) is 7.53. The fourth-order valence-electron chi connectivity index (χ4n) is 7.15. The molecule has 2 nitrogen and oxygen atoms in total. The first kappa shape index (κ1) is 29.5. The molecule has 0 aliphatic carbocycles. The summed E-state index contributed by atoms with van der Waals surface area (Å²) in [6.07, 6.45) is 0. The molecule has 9 aromatic rings. The van der Waals surface area contributed by atoms with Crippen molar-refractivity contribution in [3.63, 3.8) is 0 Å². The number of hydrogen-bond acceptors (Lipinski definition) is 2. The van der Waals surface area contributed by atoms with Gasteiger partial charge in [-0.2, -0.15) is 0 Å². The van der Waals surface area contributed by atoms with Gasteiger partial charge >= 0.3 is 0 Å². The van der Waals surface area contributed by atoms with Crippen LogP contribution in [0.15, 0.2) is 205 Å². The number of nitrogens with zero attached hydrogens (tertiary/aromatic N) is 1. The van der Waals surface area contributed by atoms with Gasteiger partial charge in [0.1, 0.15) is 11.3 Å². The molecule has 0 saturated carbocycles. The first-order chi connectivity index (χ1) is 24.8. The zero-order valence-corrected chi connectivity index (χ0v) is 27.4. The van der Waals surface area contributed by atoms with Crippen molar-refractivity contribution in [3.05, 3.63) is 200 Å². The minimum atomic E-state index is 0.863. The second-order valence-electron chi connectivity index (χ2n) is 12.5. The fraction of sp³-hybridized carbons (Fsp3) is 0. The number of benzene rings is 8. The predicted molar refractivity (Wildman–Crippen MR) is 210 cm³/mol. The van der Waals surface area contributed by atoms with Crippen LogP contribution in [0, 0.1) is 0 Å². The third-order valence-electron chi connectivity index (χ3n) is 9.48. The molecule has 0 amide bonds. The number of fused-ring (bicyclic) bond motifs is 2. The number of hydrogen-bond donors (Lipinski definition) is 0. The molecule has 1 aromatic heterocycles. The second kappa shape index (κ2) is 12.8. The Morgan fingerprint density at radius 1 is 0.360 bits per heavy atom. The van der Waals surface area contributed by atoms with E-state index in [1.165, 1.54) is 27.5 Å². The molecule has 0 fully saturated rings. The van der Waals surface area contributed by atoms with Crippen molar-refractivity contribution >= 4 is 38.8 Å². The van der Waals surface area contributed by atoms with E-state index in [9.17, 15) is 0 Å². The monoisotopic (exact) mass is 639 g/mol. The number of rotatable bonds is 7. The van der Waals surface area contributed by atoms with Gasteiger partial charge in [-0.3, -0.25) is 0 Å². The van der Waals surface area contributed by atoms with E-state index < -0.39 is 0 Å². The smallest absolute Gasteiger partial charge is 0.143 e. The SMILES string of the molecule is c1ccc(-c2ccccc2N(c2ccc(-c3cccc4ccccc34)cc2)c2cccc(-c3oc4ccccc4c3-c3ccccc3)c2)cc1. The molecular weight excluding hydrogens is 607 g/mol. The summed E-state index contributed by atoms with van der Waals surface area (Å²) in [7, 11) is 0. The van der Waals surface area contributed by atoms with Gasteiger partial charge in [0.05, 0.1) is 5.69 Å². The predicted octanol–water partition coefficient (Wildman–Crippen LogP) is 13.7. The van der Waals surface area contributed by atoms with E-state index in [0.29, 0.717) is 0 Å². The zero-order chi connectivity index (χ0) is 33.3. The Morgan fingerprint density at radius 2 is 0.940 bits per heavy atom. The summed E-state index contributed by atoms with van der Waals surface area (Å²) in [6.45, 7) is 0. The van der Waals surface area contributed by atoms with Crippen molar-refractivity contribution in [2.45, 2.75) is 0 Å². The average molecular weight is 640 g/mol. The lowest BCUT2D eigenvalue weighted by atomic mass is 9.97. The van der Waals surface area contributed by atoms with Gasteiger partial charge in [-0.15, -0.1) is 0 Å². The lowest BCUT2D eigenvalue weighted by Gasteiger charge is -2.28. The molecule has 0 saturated heterocycles. The highest BCUT2D eigenvalue weighted by Crippen LogP contribution is 2.45. The third kappa shape index (κ3) is 5.34. The van der Waals surface area contributed by atoms with E-state index in [-0.39, 0.29) is 0 Å². The molecule has 0 aliphatic rings. The number of para-hydroxylation sites is 2. The Balaban J connectivity index is 1.22. The van der Waals surface area contributed by atoms with Gasteiger partial charge in [-0.05, 0) is 69.4 Å². The molecule has 50 heavy (non-hydrogen) atoms. The third-order valence-corrected chi connectivity index (χ3v) is 9.48. The van der Waals surface area contributed by atoms with Gasteiger partial charge in [0, 0.05) is 33.5 Å². The van der Waals surface area contributed by atoms with Crippen molar-refractivity contribution in [1.29, 1.82) is 0 Å². The van der Waals surface area contributed by atoms with Gasteiger partial charge in [-0.25, -0.2) is 0 Å². The molecule has 0 atom stereocenters. The van der Waals surface area contributed by atoms with Crippen molar-refractivity contribution in [2.24, 2.45) is 0 Å². The molecule has 236 valence electrons. The van der Waals surface area contributed by atoms with Crippen LogP contribution in [0.4, 0.5) is 17.1 Å². The summed E-state index contributed by atoms with van der Waals surface area (Å²) in [5.41, 5.74) is 12.1. The van der Waals surface area contributed by atoms with E-state index >= 15 is 0 Å². The molecule has 2 heteroatoms. The number of anilines is 3. The molecule has 0 spiro atoms. The topological polar surface area (TPSA) is 16.4 Å². The minimum absolute atomic E-state index is 0.863. The van der Waals surface area contributed by atoms with Crippen LogP contribution >= 0.6 is 0 Å². The highest BCUT2D eigenvalue weighted by Gasteiger charge is 2.21. The quantitative estimate of drug-likeness (QED) is 0.173. The Hall–Kier alpha value is -6.64. The maximum absolute atomic E-state index is 6.66. The van der Waals surface area contributed by atoms with E-state index in [1.54, 1.807) is 0 Å². The zero-order valence-electron chi connectivity index (χ0n) is 27.4. The second-order valence-corrected chi connectivity index (χ2v) is 12.5. The van der Waals surface area contributed by atoms with Crippen LogP contribution < -0.4 is 4.90 Å². The highest BCUT2D eigenvalue weighted by atomic mass is 16.3. The largest absolute Gasteiger partial charge is 0.455 e. The molecule has 0 N–H and O–H groups in total. The van der Waals surface area contributed by atoms with Crippen LogP contribution in [0.25, 0.3) is 66.4 Å². The van der Waals surface area contributed by atoms with Crippen LogP contribution in [-0.4, -0.2) is 0 Å². The lowest BCUT2D eigenvalue weighted by Crippen LogP contribution is -2.11. The molecular formula is C48H33NO. The summed E-state index contributed by atoms with van der Waals surface area (Å²) >= 11 is 0. The molecule has 1 heterocycles. The Labute approximate surface area is 292 Å². The van der Waals surface area contributed by atoms with Crippen molar-refractivity contribution in [2.75, 3.05) is 4.90 Å². The highest BCUT2D eigenvalue weighted by molar-refractivity contribution is 6.02. The first-order valence-electron chi connectivity index (χ1n) is 17.0. The molecule has 0 aliphatic heterocycles. The Bertz CT molecular complexity index is 2580. The van der Waals surface area contributed by atoms with Crippen LogP contribution in [0.5, 0.6) is 0 Å². The van der Waals surface area contributed by atoms with Gasteiger partial charge in [-0.1, -0.05) is 164 Å². The van der Waals surface area contributed by atoms with Crippen molar-refractivity contribution in [1.82, 2.24) is 0 Å². The summed E-state index contributed by atoms with van der Waals surface area (Å²) in [4.78, 5) is 2.36. The molecule has 0 bridgehead atoms. The maximum atomic E-state index is 6.66. The standard InChI is InChI=1S/C48H33NO/c1-3-15-35(16-4-1)43-24-9-11-27-45(43)49(39-31-29-36(30-32-39)42-26-14-20-34-17-7-8-23-41(34)42)40-22-13-21-38(33-40)48-47(37-18-5-2-6-19-37)44-25-10-12-28-46(44)50-48/h1-33H. The van der Waals surface area contributed by atoms with Crippen LogP contribution in [0.3, 0.4) is 0 Å². The van der Waals surface area contributed by atoms with Gasteiger partial charge < -0.3 is 9.32 Å². The summed E-state index contributed by atoms with van der Waals surface area (Å²) < 4.78 is 6.66. The fourth-order valence-corrected chi connectivity index (χ4v) is 7.15. The van der Waals surface area contributed by atoms with Gasteiger partial charge in [0.15, 0.2) is 0 Å². The maximum Gasteiger partial charge on any atom is 0.143 e. The molecule has 0 radical (unpaired) electrons. The van der Waals surface area contributed by atoms with E-state index in [4.69, 9.17) is 4.42 Å². The van der Waals surface area contributed by atoms with Crippen LogP contribution in [0.1, 0.15) is 0 Å². The van der Waals surface area contributed by atoms with E-state index in [0.717, 1.165) is 56.0 Å². The lowest BCUT2D eigenvalue weighted by molar-refractivity contribution is 0.632. The first-order valence-corrected chi connectivity index (χ1v) is 17.0. The molecule has 9 rings (SSSR count). The normalized spacial score (nSPS) is 11.2. The number of furan rings is 1. The van der Waals surface area contributed by atoms with Crippen LogP contribution in [0.2, 0.25) is 0 Å².